The van der Waals surface area contributed by atoms with Gasteiger partial charge >= 0.3 is 0 Å². The van der Waals surface area contributed by atoms with Gasteiger partial charge in [0.25, 0.3) is 5.69 Å². The van der Waals surface area contributed by atoms with Crippen molar-refractivity contribution in [2.75, 3.05) is 0 Å². The summed E-state index contributed by atoms with van der Waals surface area (Å²) in [5.74, 6) is 0. The average Bonchev–Trinajstić information content (AvgIpc) is 2.04. The van der Waals surface area contributed by atoms with E-state index < -0.39 is 4.92 Å². The zero-order chi connectivity index (χ0) is 9.14. The molecule has 0 aliphatic heterocycles. The molecular formula is C7H4INO3. The van der Waals surface area contributed by atoms with Crippen LogP contribution >= 0.6 is 22.6 Å². The fraction of sp³-hybridized carbons (Fsp3) is 0. The second-order valence-corrected chi connectivity index (χ2v) is 3.24. The SMILES string of the molecule is O=Cc1ccc([N+](=O)[O-])cc1I. The molecule has 0 unspecified atom stereocenters. The highest BCUT2D eigenvalue weighted by molar-refractivity contribution is 14.1. The summed E-state index contributed by atoms with van der Waals surface area (Å²) in [4.78, 5) is 20.1. The monoisotopic (exact) mass is 277 g/mol. The van der Waals surface area contributed by atoms with Crippen LogP contribution in [0, 0.1) is 13.7 Å². The standard InChI is InChI=1S/C7H4INO3/c8-7-3-6(9(11)12)2-1-5(7)4-10/h1-4H. The van der Waals surface area contributed by atoms with Gasteiger partial charge in [-0.25, -0.2) is 0 Å². The topological polar surface area (TPSA) is 60.2 Å². The van der Waals surface area contributed by atoms with Crippen LogP contribution in [0.3, 0.4) is 0 Å². The Bertz CT molecular complexity index is 337. The lowest BCUT2D eigenvalue weighted by molar-refractivity contribution is -0.384. The Morgan fingerprint density at radius 3 is 2.58 bits per heavy atom. The van der Waals surface area contributed by atoms with Gasteiger partial charge in [0.1, 0.15) is 0 Å². The molecule has 0 radical (unpaired) electrons. The first-order chi connectivity index (χ1) is 5.65. The zero-order valence-corrected chi connectivity index (χ0v) is 8.02. The van der Waals surface area contributed by atoms with E-state index >= 15 is 0 Å². The molecule has 0 atom stereocenters. The highest BCUT2D eigenvalue weighted by Crippen LogP contribution is 2.17. The summed E-state index contributed by atoms with van der Waals surface area (Å²) in [6.45, 7) is 0. The van der Waals surface area contributed by atoms with Crippen LogP contribution in [-0.2, 0) is 0 Å². The van der Waals surface area contributed by atoms with Crippen LogP contribution in [0.5, 0.6) is 0 Å². The number of nitro groups is 1. The molecule has 12 heavy (non-hydrogen) atoms. The summed E-state index contributed by atoms with van der Waals surface area (Å²) < 4.78 is 0.594. The van der Waals surface area contributed by atoms with Gasteiger partial charge < -0.3 is 0 Å². The fourth-order valence-corrected chi connectivity index (χ4v) is 1.35. The lowest BCUT2D eigenvalue weighted by Gasteiger charge is -1.94. The van der Waals surface area contributed by atoms with Gasteiger partial charge in [-0.15, -0.1) is 0 Å². The van der Waals surface area contributed by atoms with Crippen molar-refractivity contribution in [3.05, 3.63) is 37.4 Å². The predicted molar refractivity (Wildman–Crippen MR) is 51.2 cm³/mol. The van der Waals surface area contributed by atoms with Crippen molar-refractivity contribution in [1.29, 1.82) is 0 Å². The van der Waals surface area contributed by atoms with E-state index in [0.29, 0.717) is 15.4 Å². The van der Waals surface area contributed by atoms with E-state index in [0.717, 1.165) is 0 Å². The summed E-state index contributed by atoms with van der Waals surface area (Å²) >= 11 is 1.88. The van der Waals surface area contributed by atoms with Crippen molar-refractivity contribution in [1.82, 2.24) is 0 Å². The number of halogens is 1. The van der Waals surface area contributed by atoms with Gasteiger partial charge in [-0.3, -0.25) is 14.9 Å². The molecule has 0 aliphatic rings. The summed E-state index contributed by atoms with van der Waals surface area (Å²) in [6.07, 6.45) is 0.672. The molecule has 4 nitrogen and oxygen atoms in total. The molecule has 1 aromatic rings. The van der Waals surface area contributed by atoms with Crippen molar-refractivity contribution >= 4 is 34.6 Å². The zero-order valence-electron chi connectivity index (χ0n) is 5.86. The van der Waals surface area contributed by atoms with E-state index in [9.17, 15) is 14.9 Å². The normalized spacial score (nSPS) is 9.42. The van der Waals surface area contributed by atoms with Crippen LogP contribution < -0.4 is 0 Å². The molecule has 0 aliphatic carbocycles. The van der Waals surface area contributed by atoms with E-state index in [4.69, 9.17) is 0 Å². The highest BCUT2D eigenvalue weighted by Gasteiger charge is 2.07. The summed E-state index contributed by atoms with van der Waals surface area (Å²) in [5.41, 5.74) is 0.478. The largest absolute Gasteiger partial charge is 0.298 e. The van der Waals surface area contributed by atoms with E-state index in [1.807, 2.05) is 22.6 Å². The minimum atomic E-state index is -0.489. The predicted octanol–water partition coefficient (Wildman–Crippen LogP) is 2.01. The molecule has 0 heterocycles. The summed E-state index contributed by atoms with van der Waals surface area (Å²) in [7, 11) is 0. The number of nitrogens with zero attached hydrogens (tertiary/aromatic N) is 1. The van der Waals surface area contributed by atoms with Crippen molar-refractivity contribution in [2.45, 2.75) is 0 Å². The Balaban J connectivity index is 3.18. The lowest BCUT2D eigenvalue weighted by Crippen LogP contribution is -1.91. The number of benzene rings is 1. The first-order valence-electron chi connectivity index (χ1n) is 3.04. The molecule has 0 N–H and O–H groups in total. The van der Waals surface area contributed by atoms with E-state index in [1.54, 1.807) is 0 Å². The van der Waals surface area contributed by atoms with Gasteiger partial charge in [-0.05, 0) is 28.7 Å². The molecule has 0 amide bonds. The summed E-state index contributed by atoms with van der Waals surface area (Å²) in [5, 5.41) is 10.3. The Hall–Kier alpha value is -0.980. The average molecular weight is 277 g/mol. The fourth-order valence-electron chi connectivity index (χ4n) is 0.725. The van der Waals surface area contributed by atoms with Gasteiger partial charge in [-0.2, -0.15) is 0 Å². The molecule has 5 heteroatoms. The number of non-ortho nitro benzene ring substituents is 1. The van der Waals surface area contributed by atoms with Crippen molar-refractivity contribution in [3.8, 4) is 0 Å². The van der Waals surface area contributed by atoms with Crippen LogP contribution in [0.25, 0.3) is 0 Å². The van der Waals surface area contributed by atoms with Gasteiger partial charge in [0.05, 0.1) is 4.92 Å². The second kappa shape index (κ2) is 3.61. The molecule has 0 saturated carbocycles. The summed E-state index contributed by atoms with van der Waals surface area (Å²) in [6, 6.07) is 4.11. The number of hydrogen-bond acceptors (Lipinski definition) is 3. The molecule has 0 saturated heterocycles. The lowest BCUT2D eigenvalue weighted by atomic mass is 10.2. The van der Waals surface area contributed by atoms with Gasteiger partial charge in [0.15, 0.2) is 6.29 Å². The van der Waals surface area contributed by atoms with Gasteiger partial charge in [0, 0.05) is 21.3 Å². The van der Waals surface area contributed by atoms with E-state index in [2.05, 4.69) is 0 Å². The maximum absolute atomic E-state index is 10.3. The van der Waals surface area contributed by atoms with E-state index in [-0.39, 0.29) is 5.69 Å². The third kappa shape index (κ3) is 1.79. The smallest absolute Gasteiger partial charge is 0.270 e. The first kappa shape index (κ1) is 9.11. The molecule has 0 bridgehead atoms. The van der Waals surface area contributed by atoms with Crippen molar-refractivity contribution in [2.24, 2.45) is 0 Å². The molecule has 0 aromatic heterocycles. The minimum Gasteiger partial charge on any atom is -0.298 e. The Morgan fingerprint density at radius 1 is 1.50 bits per heavy atom. The number of hydrogen-bond donors (Lipinski definition) is 0. The molecule has 62 valence electrons. The molecule has 1 rings (SSSR count). The molecular weight excluding hydrogens is 273 g/mol. The van der Waals surface area contributed by atoms with Crippen molar-refractivity contribution in [3.63, 3.8) is 0 Å². The Kier molecular flexibility index (Phi) is 2.74. The highest BCUT2D eigenvalue weighted by atomic mass is 127. The van der Waals surface area contributed by atoms with Crippen LogP contribution in [0.1, 0.15) is 10.4 Å². The minimum absolute atomic E-state index is 0.00463. The Labute approximate surface area is 81.9 Å². The van der Waals surface area contributed by atoms with Crippen LogP contribution in [-0.4, -0.2) is 11.2 Å². The van der Waals surface area contributed by atoms with Gasteiger partial charge in [0.2, 0.25) is 0 Å². The third-order valence-corrected chi connectivity index (χ3v) is 2.26. The molecule has 0 spiro atoms. The molecule has 0 fully saturated rings. The quantitative estimate of drug-likeness (QED) is 0.359. The maximum Gasteiger partial charge on any atom is 0.270 e. The number of rotatable bonds is 2. The number of carbonyl (C=O) groups excluding carboxylic acids is 1. The van der Waals surface area contributed by atoms with Crippen molar-refractivity contribution < 1.29 is 9.72 Å². The number of aldehydes is 1. The van der Waals surface area contributed by atoms with Crippen LogP contribution in [0.4, 0.5) is 5.69 Å². The van der Waals surface area contributed by atoms with Crippen LogP contribution in [0.2, 0.25) is 0 Å². The Morgan fingerprint density at radius 2 is 2.17 bits per heavy atom. The molecule has 1 aromatic carbocycles. The van der Waals surface area contributed by atoms with Crippen LogP contribution in [0.15, 0.2) is 18.2 Å². The first-order valence-corrected chi connectivity index (χ1v) is 4.12. The number of nitro benzene ring substituents is 1. The third-order valence-electron chi connectivity index (χ3n) is 1.32. The van der Waals surface area contributed by atoms with E-state index in [1.165, 1.54) is 18.2 Å². The second-order valence-electron chi connectivity index (χ2n) is 2.08. The maximum atomic E-state index is 10.3. The number of carbonyl (C=O) groups is 1. The van der Waals surface area contributed by atoms with Gasteiger partial charge in [-0.1, -0.05) is 0 Å².